The summed E-state index contributed by atoms with van der Waals surface area (Å²) in [5.74, 6) is -0.769. The summed E-state index contributed by atoms with van der Waals surface area (Å²) in [5.41, 5.74) is 2.90. The van der Waals surface area contributed by atoms with E-state index >= 15 is 0 Å². The third-order valence-corrected chi connectivity index (χ3v) is 4.09. The highest BCUT2D eigenvalue weighted by molar-refractivity contribution is 6.30. The monoisotopic (exact) mass is 303 g/mol. The van der Waals surface area contributed by atoms with Gasteiger partial charge in [0.25, 0.3) is 0 Å². The molecule has 4 heteroatoms. The van der Waals surface area contributed by atoms with Crippen LogP contribution in [0.15, 0.2) is 40.5 Å². The standard InChI is InChI=1S/C17H18ClNO2/c1-9-15(11(3)20)17(13-6-5-7-14(18)8-13)16(12(4)21)10(2)19-9/h5-8,15,17H,1-4H3. The Hall–Kier alpha value is -1.74. The average molecular weight is 304 g/mol. The van der Waals surface area contributed by atoms with E-state index in [4.69, 9.17) is 11.6 Å². The van der Waals surface area contributed by atoms with Gasteiger partial charge in [0.2, 0.25) is 0 Å². The molecule has 1 aliphatic rings. The zero-order valence-electron chi connectivity index (χ0n) is 12.6. The van der Waals surface area contributed by atoms with Crippen molar-refractivity contribution in [2.24, 2.45) is 10.9 Å². The first-order chi connectivity index (χ1) is 9.82. The number of allylic oxidation sites excluding steroid dienone is 2. The number of ketones is 2. The molecule has 0 spiro atoms. The molecule has 1 aromatic carbocycles. The van der Waals surface area contributed by atoms with Crippen LogP contribution in [0.5, 0.6) is 0 Å². The van der Waals surface area contributed by atoms with Crippen LogP contribution in [-0.2, 0) is 9.59 Å². The second kappa shape index (κ2) is 5.94. The van der Waals surface area contributed by atoms with Crippen molar-refractivity contribution >= 4 is 28.9 Å². The molecule has 110 valence electrons. The number of Topliss-reactive ketones (excluding diaryl/α,β-unsaturated/α-hetero) is 2. The Labute approximate surface area is 129 Å². The summed E-state index contributed by atoms with van der Waals surface area (Å²) in [6, 6.07) is 7.34. The zero-order chi connectivity index (χ0) is 15.7. The molecule has 0 radical (unpaired) electrons. The lowest BCUT2D eigenvalue weighted by Crippen LogP contribution is -2.33. The lowest BCUT2D eigenvalue weighted by molar-refractivity contribution is -0.119. The molecule has 0 saturated heterocycles. The smallest absolute Gasteiger partial charge is 0.158 e. The highest BCUT2D eigenvalue weighted by Crippen LogP contribution is 2.40. The molecule has 3 nitrogen and oxygen atoms in total. The second-order valence-electron chi connectivity index (χ2n) is 5.43. The van der Waals surface area contributed by atoms with Gasteiger partial charge in [-0.25, -0.2) is 0 Å². The van der Waals surface area contributed by atoms with E-state index in [2.05, 4.69) is 4.99 Å². The fourth-order valence-electron chi connectivity index (χ4n) is 3.09. The van der Waals surface area contributed by atoms with Crippen LogP contribution in [0.25, 0.3) is 0 Å². The molecule has 0 saturated carbocycles. The van der Waals surface area contributed by atoms with E-state index in [1.165, 1.54) is 6.92 Å². The fourth-order valence-corrected chi connectivity index (χ4v) is 3.29. The third kappa shape index (κ3) is 2.98. The number of rotatable bonds is 3. The van der Waals surface area contributed by atoms with Crippen LogP contribution < -0.4 is 0 Å². The lowest BCUT2D eigenvalue weighted by Gasteiger charge is -2.31. The van der Waals surface area contributed by atoms with Crippen LogP contribution in [0.2, 0.25) is 5.02 Å². The minimum absolute atomic E-state index is 0.00692. The maximum Gasteiger partial charge on any atom is 0.158 e. The summed E-state index contributed by atoms with van der Waals surface area (Å²) in [6.07, 6.45) is 0. The molecule has 2 rings (SSSR count). The van der Waals surface area contributed by atoms with E-state index < -0.39 is 5.92 Å². The molecule has 1 aromatic rings. The van der Waals surface area contributed by atoms with E-state index in [1.807, 2.05) is 32.0 Å². The van der Waals surface area contributed by atoms with Crippen molar-refractivity contribution in [2.45, 2.75) is 33.6 Å². The fraction of sp³-hybridized carbons (Fsp3) is 0.353. The Morgan fingerprint density at radius 2 is 1.86 bits per heavy atom. The van der Waals surface area contributed by atoms with Crippen molar-refractivity contribution in [1.82, 2.24) is 0 Å². The van der Waals surface area contributed by atoms with Crippen molar-refractivity contribution in [3.05, 3.63) is 46.1 Å². The zero-order valence-corrected chi connectivity index (χ0v) is 13.4. The van der Waals surface area contributed by atoms with Crippen LogP contribution in [0.3, 0.4) is 0 Å². The molecule has 21 heavy (non-hydrogen) atoms. The van der Waals surface area contributed by atoms with Gasteiger partial charge in [-0.05, 0) is 45.4 Å². The van der Waals surface area contributed by atoms with E-state index in [1.54, 1.807) is 13.0 Å². The third-order valence-electron chi connectivity index (χ3n) is 3.85. The maximum absolute atomic E-state index is 12.1. The Balaban J connectivity index is 2.68. The van der Waals surface area contributed by atoms with Gasteiger partial charge in [0.05, 0.1) is 5.92 Å². The Kier molecular flexibility index (Phi) is 4.43. The van der Waals surface area contributed by atoms with Crippen LogP contribution in [0.4, 0.5) is 0 Å². The number of benzene rings is 1. The first kappa shape index (κ1) is 15.6. The number of carbonyl (C=O) groups is 2. The van der Waals surface area contributed by atoms with E-state index in [9.17, 15) is 9.59 Å². The highest BCUT2D eigenvalue weighted by atomic mass is 35.5. The predicted octanol–water partition coefficient (Wildman–Crippen LogP) is 3.97. The van der Waals surface area contributed by atoms with Gasteiger partial charge in [-0.1, -0.05) is 23.7 Å². The Morgan fingerprint density at radius 3 is 2.38 bits per heavy atom. The number of hydrogen-bond donors (Lipinski definition) is 0. The number of carbonyl (C=O) groups excluding carboxylic acids is 2. The number of nitrogens with zero attached hydrogens (tertiary/aromatic N) is 1. The topological polar surface area (TPSA) is 46.5 Å². The summed E-state index contributed by atoms with van der Waals surface area (Å²) in [4.78, 5) is 28.6. The lowest BCUT2D eigenvalue weighted by atomic mass is 9.73. The van der Waals surface area contributed by atoms with Gasteiger partial charge in [-0.2, -0.15) is 0 Å². The molecule has 0 N–H and O–H groups in total. The summed E-state index contributed by atoms with van der Waals surface area (Å²) >= 11 is 6.08. The van der Waals surface area contributed by atoms with Gasteiger partial charge >= 0.3 is 0 Å². The van der Waals surface area contributed by atoms with Crippen molar-refractivity contribution in [2.75, 3.05) is 0 Å². The van der Waals surface area contributed by atoms with E-state index in [0.29, 0.717) is 16.3 Å². The van der Waals surface area contributed by atoms with Gasteiger partial charge in [0, 0.05) is 27.9 Å². The first-order valence-corrected chi connectivity index (χ1v) is 7.23. The molecular formula is C17H18ClNO2. The molecule has 0 amide bonds. The first-order valence-electron chi connectivity index (χ1n) is 6.85. The van der Waals surface area contributed by atoms with Crippen LogP contribution in [-0.4, -0.2) is 17.3 Å². The number of hydrogen-bond acceptors (Lipinski definition) is 3. The SMILES string of the molecule is CC(=O)C1=C(C)N=C(C)C(C(C)=O)C1c1cccc(Cl)c1. The summed E-state index contributed by atoms with van der Waals surface area (Å²) in [5, 5.41) is 0.593. The molecular weight excluding hydrogens is 286 g/mol. The van der Waals surface area contributed by atoms with Crippen molar-refractivity contribution in [1.29, 1.82) is 0 Å². The van der Waals surface area contributed by atoms with E-state index in [0.717, 1.165) is 11.3 Å². The summed E-state index contributed by atoms with van der Waals surface area (Å²) in [6.45, 7) is 6.71. The molecule has 0 aliphatic carbocycles. The average Bonchev–Trinajstić information content (AvgIpc) is 2.36. The predicted molar refractivity (Wildman–Crippen MR) is 84.9 cm³/mol. The molecule has 0 aromatic heterocycles. The highest BCUT2D eigenvalue weighted by Gasteiger charge is 2.37. The second-order valence-corrected chi connectivity index (χ2v) is 5.87. The van der Waals surface area contributed by atoms with Gasteiger partial charge in [0.15, 0.2) is 5.78 Å². The van der Waals surface area contributed by atoms with Gasteiger partial charge in [-0.15, -0.1) is 0 Å². The Bertz CT molecular complexity index is 673. The molecule has 1 aliphatic heterocycles. The maximum atomic E-state index is 12.1. The molecule has 2 unspecified atom stereocenters. The van der Waals surface area contributed by atoms with E-state index in [-0.39, 0.29) is 17.5 Å². The molecule has 0 fully saturated rings. The molecule has 2 atom stereocenters. The van der Waals surface area contributed by atoms with Crippen molar-refractivity contribution in [3.63, 3.8) is 0 Å². The van der Waals surface area contributed by atoms with Gasteiger partial charge in [-0.3, -0.25) is 14.6 Å². The van der Waals surface area contributed by atoms with Crippen LogP contribution in [0, 0.1) is 5.92 Å². The quantitative estimate of drug-likeness (QED) is 0.848. The normalized spacial score (nSPS) is 22.0. The van der Waals surface area contributed by atoms with Crippen molar-refractivity contribution in [3.8, 4) is 0 Å². The Morgan fingerprint density at radius 1 is 1.19 bits per heavy atom. The summed E-state index contributed by atoms with van der Waals surface area (Å²) < 4.78 is 0. The number of halogens is 1. The van der Waals surface area contributed by atoms with Crippen LogP contribution in [0.1, 0.15) is 39.2 Å². The summed E-state index contributed by atoms with van der Waals surface area (Å²) in [7, 11) is 0. The molecule has 1 heterocycles. The largest absolute Gasteiger partial charge is 0.299 e. The van der Waals surface area contributed by atoms with Crippen molar-refractivity contribution < 1.29 is 9.59 Å². The number of aliphatic imine (C=N–C) groups is 1. The van der Waals surface area contributed by atoms with Crippen LogP contribution >= 0.6 is 11.6 Å². The minimum Gasteiger partial charge on any atom is -0.299 e. The van der Waals surface area contributed by atoms with Gasteiger partial charge in [0.1, 0.15) is 5.78 Å². The minimum atomic E-state index is -0.411. The molecule has 0 bridgehead atoms. The van der Waals surface area contributed by atoms with Gasteiger partial charge < -0.3 is 0 Å².